The molecule has 13 heteroatoms. The Morgan fingerprint density at radius 1 is 0.915 bits per heavy atom. The van der Waals surface area contributed by atoms with Crippen LogP contribution >= 0.6 is 43.5 Å². The molecular weight excluding hydrogens is 756 g/mol. The minimum Gasteiger partial charge on any atom is -0.493 e. The molecule has 0 aliphatic carbocycles. The summed E-state index contributed by atoms with van der Waals surface area (Å²) in [4.78, 5) is 32.2. The van der Waals surface area contributed by atoms with Gasteiger partial charge in [-0.15, -0.1) is 0 Å². The van der Waals surface area contributed by atoms with Gasteiger partial charge in [0, 0.05) is 56.9 Å². The number of amides is 1. The number of nitrogens with zero attached hydrogens (tertiary/aromatic N) is 2. The molecule has 1 heterocycles. The molecule has 47 heavy (non-hydrogen) atoms. The van der Waals surface area contributed by atoms with Gasteiger partial charge in [-0.25, -0.2) is 10.2 Å². The molecule has 0 fully saturated rings. The number of aromatic nitrogens is 1. The lowest BCUT2D eigenvalue weighted by molar-refractivity contribution is 0.0732. The molecule has 0 radical (unpaired) electrons. The third kappa shape index (κ3) is 7.09. The van der Waals surface area contributed by atoms with Crippen molar-refractivity contribution in [2.45, 2.75) is 0 Å². The van der Waals surface area contributed by atoms with E-state index in [1.165, 1.54) is 39.7 Å². The maximum atomic E-state index is 13.6. The molecule has 4 aromatic carbocycles. The fourth-order valence-corrected chi connectivity index (χ4v) is 6.49. The summed E-state index contributed by atoms with van der Waals surface area (Å²) in [7, 11) is 8.27. The number of esters is 1. The van der Waals surface area contributed by atoms with Crippen molar-refractivity contribution in [3.05, 3.63) is 97.5 Å². The predicted molar refractivity (Wildman–Crippen MR) is 191 cm³/mol. The summed E-state index contributed by atoms with van der Waals surface area (Å²) in [6.45, 7) is 0. The molecule has 0 unspecified atom stereocenters. The number of benzene rings is 4. The van der Waals surface area contributed by atoms with Gasteiger partial charge in [0.05, 0.1) is 37.6 Å². The van der Waals surface area contributed by atoms with Gasteiger partial charge in [0.15, 0.2) is 17.2 Å². The Bertz CT molecular complexity index is 2000. The number of aromatic amines is 1. The molecule has 0 aliphatic rings. The zero-order valence-electron chi connectivity index (χ0n) is 25.9. The van der Waals surface area contributed by atoms with Gasteiger partial charge >= 0.3 is 5.97 Å². The van der Waals surface area contributed by atoms with E-state index < -0.39 is 11.9 Å². The van der Waals surface area contributed by atoms with Crippen LogP contribution < -0.4 is 29.3 Å². The van der Waals surface area contributed by atoms with Crippen LogP contribution in [0.25, 0.3) is 22.0 Å². The summed E-state index contributed by atoms with van der Waals surface area (Å²) in [5, 5.41) is 5.54. The summed E-state index contributed by atoms with van der Waals surface area (Å²) < 4.78 is 23.0. The highest BCUT2D eigenvalue weighted by Crippen LogP contribution is 2.40. The van der Waals surface area contributed by atoms with Gasteiger partial charge in [-0.2, -0.15) is 5.10 Å². The molecule has 0 saturated carbocycles. The summed E-state index contributed by atoms with van der Waals surface area (Å²) >= 11 is 13.5. The van der Waals surface area contributed by atoms with Crippen LogP contribution in [0.4, 0.5) is 5.69 Å². The lowest BCUT2D eigenvalue weighted by Crippen LogP contribution is -2.19. The topological polar surface area (TPSA) is 114 Å². The predicted octanol–water partition coefficient (Wildman–Crippen LogP) is 8.09. The average Bonchev–Trinajstić information content (AvgIpc) is 3.44. The van der Waals surface area contributed by atoms with E-state index in [0.717, 1.165) is 16.6 Å². The number of anilines is 1. The summed E-state index contributed by atoms with van der Waals surface area (Å²) in [5.74, 6) is -0.0860. The molecule has 242 valence electrons. The molecule has 1 amide bonds. The van der Waals surface area contributed by atoms with Crippen molar-refractivity contribution in [2.75, 3.05) is 40.3 Å². The molecule has 1 aromatic heterocycles. The fraction of sp³-hybridized carbons (Fsp3) is 0.147. The molecule has 5 aromatic rings. The van der Waals surface area contributed by atoms with E-state index in [9.17, 15) is 9.59 Å². The highest BCUT2D eigenvalue weighted by atomic mass is 79.9. The molecule has 0 saturated heterocycles. The average molecular weight is 785 g/mol. The third-order valence-electron chi connectivity index (χ3n) is 7.17. The van der Waals surface area contributed by atoms with Crippen LogP contribution in [0.3, 0.4) is 0 Å². The maximum Gasteiger partial charge on any atom is 0.343 e. The van der Waals surface area contributed by atoms with Crippen LogP contribution in [0.1, 0.15) is 26.4 Å². The Morgan fingerprint density at radius 3 is 2.26 bits per heavy atom. The quantitative estimate of drug-likeness (QED) is 0.0637. The van der Waals surface area contributed by atoms with Gasteiger partial charge in [-0.3, -0.25) is 4.79 Å². The number of methoxy groups -OCH3 is 3. The van der Waals surface area contributed by atoms with Gasteiger partial charge in [-0.1, -0.05) is 45.7 Å². The molecular formula is C34H29Br2ClN4O6. The number of carbonyl (C=O) groups is 2. The van der Waals surface area contributed by atoms with E-state index in [4.69, 9.17) is 30.5 Å². The van der Waals surface area contributed by atoms with Crippen molar-refractivity contribution in [1.82, 2.24) is 10.4 Å². The fourth-order valence-electron chi connectivity index (χ4n) is 4.92. The van der Waals surface area contributed by atoms with Gasteiger partial charge in [-0.05, 0) is 64.5 Å². The number of hydrazone groups is 1. The number of hydrogen-bond acceptors (Lipinski definition) is 8. The minimum atomic E-state index is -0.689. The monoisotopic (exact) mass is 782 g/mol. The SMILES string of the molecule is COc1cc(C(=O)Oc2c(Br)cc(Br)cc2C=NNC(=O)c2[nH]c3ccc(N(C)C)cc3c2-c2ccccc2Cl)cc(OC)c1OC. The molecule has 0 atom stereocenters. The number of carbonyl (C=O) groups excluding carboxylic acids is 2. The molecule has 10 nitrogen and oxygen atoms in total. The van der Waals surface area contributed by atoms with Crippen molar-refractivity contribution in [3.63, 3.8) is 0 Å². The van der Waals surface area contributed by atoms with Crippen LogP contribution in [0.15, 0.2) is 80.8 Å². The molecule has 0 bridgehead atoms. The first-order chi connectivity index (χ1) is 22.6. The van der Waals surface area contributed by atoms with E-state index in [0.29, 0.717) is 47.9 Å². The van der Waals surface area contributed by atoms with E-state index >= 15 is 0 Å². The first kappa shape index (κ1) is 33.8. The highest BCUT2D eigenvalue weighted by molar-refractivity contribution is 9.11. The highest BCUT2D eigenvalue weighted by Gasteiger charge is 2.23. The van der Waals surface area contributed by atoms with Crippen molar-refractivity contribution in [3.8, 4) is 34.1 Å². The maximum absolute atomic E-state index is 13.6. The van der Waals surface area contributed by atoms with E-state index in [2.05, 4.69) is 47.4 Å². The van der Waals surface area contributed by atoms with Gasteiger partial charge < -0.3 is 28.8 Å². The van der Waals surface area contributed by atoms with Crippen molar-refractivity contribution >= 4 is 78.1 Å². The number of H-pyrrole nitrogens is 1. The van der Waals surface area contributed by atoms with Crippen LogP contribution in [-0.4, -0.2) is 58.5 Å². The number of rotatable bonds is 10. The minimum absolute atomic E-state index is 0.161. The second-order valence-corrected chi connectivity index (χ2v) is 12.5. The zero-order valence-corrected chi connectivity index (χ0v) is 29.8. The number of hydrogen-bond donors (Lipinski definition) is 2. The zero-order chi connectivity index (χ0) is 33.8. The van der Waals surface area contributed by atoms with Crippen LogP contribution in [0, 0.1) is 0 Å². The smallest absolute Gasteiger partial charge is 0.343 e. The number of nitrogens with one attached hydrogen (secondary N) is 2. The third-order valence-corrected chi connectivity index (χ3v) is 8.55. The molecule has 2 N–H and O–H groups in total. The number of ether oxygens (including phenoxy) is 4. The van der Waals surface area contributed by atoms with Gasteiger partial charge in [0.1, 0.15) is 5.69 Å². The number of halogens is 3. The van der Waals surface area contributed by atoms with Crippen molar-refractivity contribution in [1.29, 1.82) is 0 Å². The standard InChI is InChI=1S/C34H29Br2ClN4O6/c1-41(2)21-10-11-26-23(16-21)29(22-8-6-7-9-25(22)37)30(39-26)33(42)40-38-17-19-12-20(35)15-24(36)31(19)47-34(43)18-13-27(44-3)32(46-5)28(14-18)45-4/h6-17,39H,1-5H3,(H,40,42). The van der Waals surface area contributed by atoms with Crippen molar-refractivity contribution < 1.29 is 28.5 Å². The normalized spacial score (nSPS) is 11.1. The van der Waals surface area contributed by atoms with E-state index in [-0.39, 0.29) is 17.0 Å². The molecule has 0 spiro atoms. The largest absolute Gasteiger partial charge is 0.493 e. The summed E-state index contributed by atoms with van der Waals surface area (Å²) in [5.41, 5.74) is 6.50. The summed E-state index contributed by atoms with van der Waals surface area (Å²) in [6, 6.07) is 19.6. The van der Waals surface area contributed by atoms with Crippen molar-refractivity contribution in [2.24, 2.45) is 5.10 Å². The Labute approximate surface area is 292 Å². The molecule has 0 aliphatic heterocycles. The van der Waals surface area contributed by atoms with Crippen LogP contribution in [-0.2, 0) is 0 Å². The Kier molecular flexibility index (Phi) is 10.4. The second kappa shape index (κ2) is 14.5. The Morgan fingerprint density at radius 2 is 1.62 bits per heavy atom. The van der Waals surface area contributed by atoms with Crippen LogP contribution in [0.5, 0.6) is 23.0 Å². The number of fused-ring (bicyclic) bond motifs is 1. The Hall–Kier alpha value is -4.52. The molecule has 5 rings (SSSR count). The van der Waals surface area contributed by atoms with Crippen LogP contribution in [0.2, 0.25) is 5.02 Å². The van der Waals surface area contributed by atoms with E-state index in [1.54, 1.807) is 18.2 Å². The van der Waals surface area contributed by atoms with E-state index in [1.807, 2.05) is 55.4 Å². The van der Waals surface area contributed by atoms with Gasteiger partial charge in [0.2, 0.25) is 5.75 Å². The summed E-state index contributed by atoms with van der Waals surface area (Å²) in [6.07, 6.45) is 1.38. The second-order valence-electron chi connectivity index (χ2n) is 10.3. The lowest BCUT2D eigenvalue weighted by atomic mass is 10.0. The first-order valence-corrected chi connectivity index (χ1v) is 15.9. The first-order valence-electron chi connectivity index (χ1n) is 14.0. The lowest BCUT2D eigenvalue weighted by Gasteiger charge is -2.15. The van der Waals surface area contributed by atoms with Gasteiger partial charge in [0.25, 0.3) is 5.91 Å². The Balaban J connectivity index is 1.47.